The van der Waals surface area contributed by atoms with Crippen molar-refractivity contribution in [1.82, 2.24) is 19.9 Å². The van der Waals surface area contributed by atoms with Gasteiger partial charge in [0, 0.05) is 49.9 Å². The Hall–Kier alpha value is -5.78. The van der Waals surface area contributed by atoms with Crippen molar-refractivity contribution >= 4 is 53.1 Å². The van der Waals surface area contributed by atoms with Crippen LogP contribution >= 0.6 is 11.3 Å². The maximum Gasteiger partial charge on any atom is 0.164 e. The van der Waals surface area contributed by atoms with E-state index in [1.54, 1.807) is 11.3 Å². The molecule has 0 N–H and O–H groups in total. The quantitative estimate of drug-likeness (QED) is 0.204. The third-order valence-electron chi connectivity index (χ3n) is 8.42. The van der Waals surface area contributed by atoms with Crippen molar-refractivity contribution in [3.05, 3.63) is 146 Å². The second-order valence-corrected chi connectivity index (χ2v) is 12.2. The first-order valence-corrected chi connectivity index (χ1v) is 15.7. The molecule has 0 saturated heterocycles. The summed E-state index contributed by atoms with van der Waals surface area (Å²) in [5, 5.41) is 7.07. The zero-order valence-electron chi connectivity index (χ0n) is 24.1. The molecule has 4 nitrogen and oxygen atoms in total. The van der Waals surface area contributed by atoms with Crippen LogP contribution in [0.5, 0.6) is 0 Å². The van der Waals surface area contributed by atoms with Crippen molar-refractivity contribution in [2.24, 2.45) is 0 Å². The fourth-order valence-corrected chi connectivity index (χ4v) is 7.41. The van der Waals surface area contributed by atoms with Gasteiger partial charge in [0.05, 0.1) is 4.70 Å². The summed E-state index contributed by atoms with van der Waals surface area (Å²) >= 11 is 1.77. The molecule has 3 aromatic heterocycles. The molecular weight excluding hydrogens is 569 g/mol. The molecule has 0 aliphatic rings. The predicted octanol–water partition coefficient (Wildman–Crippen LogP) is 10.6. The number of thiophene rings is 1. The zero-order valence-corrected chi connectivity index (χ0v) is 24.9. The van der Waals surface area contributed by atoms with Gasteiger partial charge in [-0.25, -0.2) is 15.0 Å². The molecule has 0 atom stereocenters. The van der Waals surface area contributed by atoms with Crippen LogP contribution in [-0.2, 0) is 0 Å². The van der Waals surface area contributed by atoms with Gasteiger partial charge in [0.25, 0.3) is 0 Å². The lowest BCUT2D eigenvalue weighted by molar-refractivity contribution is 1.08. The van der Waals surface area contributed by atoms with Gasteiger partial charge in [-0.3, -0.25) is 4.98 Å². The Labute approximate surface area is 263 Å². The van der Waals surface area contributed by atoms with Gasteiger partial charge in [0.15, 0.2) is 17.5 Å². The third kappa shape index (κ3) is 4.44. The van der Waals surface area contributed by atoms with E-state index in [1.807, 2.05) is 18.5 Å². The van der Waals surface area contributed by atoms with Crippen LogP contribution in [-0.4, -0.2) is 19.9 Å². The summed E-state index contributed by atoms with van der Waals surface area (Å²) in [4.78, 5) is 19.7. The van der Waals surface area contributed by atoms with Crippen molar-refractivity contribution in [3.8, 4) is 45.3 Å². The van der Waals surface area contributed by atoms with Crippen LogP contribution in [0.4, 0.5) is 0 Å². The van der Waals surface area contributed by atoms with Gasteiger partial charge in [-0.05, 0) is 39.4 Å². The van der Waals surface area contributed by atoms with E-state index >= 15 is 0 Å². The molecule has 6 aromatic carbocycles. The Bertz CT molecular complexity index is 2540. The summed E-state index contributed by atoms with van der Waals surface area (Å²) < 4.78 is 2.38. The number of aromatic nitrogens is 4. The molecule has 0 spiro atoms. The molecule has 0 aliphatic heterocycles. The summed E-state index contributed by atoms with van der Waals surface area (Å²) in [6.07, 6.45) is 3.81. The van der Waals surface area contributed by atoms with Gasteiger partial charge in [0.2, 0.25) is 0 Å². The van der Waals surface area contributed by atoms with Gasteiger partial charge in [-0.2, -0.15) is 0 Å². The van der Waals surface area contributed by atoms with Crippen LogP contribution in [0.1, 0.15) is 0 Å². The van der Waals surface area contributed by atoms with Gasteiger partial charge in [-0.15, -0.1) is 11.3 Å². The van der Waals surface area contributed by atoms with Crippen LogP contribution in [0.25, 0.3) is 87.0 Å². The zero-order chi connectivity index (χ0) is 29.7. The average molecular weight is 593 g/mol. The smallest absolute Gasteiger partial charge is 0.164 e. The molecule has 0 radical (unpaired) electrons. The highest BCUT2D eigenvalue weighted by Crippen LogP contribution is 2.41. The van der Waals surface area contributed by atoms with Crippen molar-refractivity contribution in [1.29, 1.82) is 0 Å². The van der Waals surface area contributed by atoms with Crippen LogP contribution in [0.2, 0.25) is 0 Å². The monoisotopic (exact) mass is 592 g/mol. The van der Waals surface area contributed by atoms with E-state index in [0.717, 1.165) is 38.4 Å². The minimum atomic E-state index is 0.646. The van der Waals surface area contributed by atoms with Crippen molar-refractivity contribution < 1.29 is 0 Å². The number of hydrogen-bond donors (Lipinski definition) is 0. The molecule has 0 unspecified atom stereocenters. The lowest BCUT2D eigenvalue weighted by Gasteiger charge is -2.12. The van der Waals surface area contributed by atoms with Gasteiger partial charge in [0.1, 0.15) is 0 Å². The van der Waals surface area contributed by atoms with Crippen molar-refractivity contribution in [3.63, 3.8) is 0 Å². The minimum Gasteiger partial charge on any atom is -0.263 e. The molecule has 0 aliphatic carbocycles. The first-order chi connectivity index (χ1) is 22.3. The third-order valence-corrected chi connectivity index (χ3v) is 9.59. The molecule has 0 fully saturated rings. The van der Waals surface area contributed by atoms with Crippen molar-refractivity contribution in [2.45, 2.75) is 0 Å². The Balaban J connectivity index is 1.28. The molecule has 0 amide bonds. The van der Waals surface area contributed by atoms with Crippen molar-refractivity contribution in [2.75, 3.05) is 0 Å². The SMILES string of the molecule is c1ccc(-c2ccc(-c3nc(-c4ccc5ccccc5c4)nc(-c4cccc5ccc6c7ccncc7sc6c45)n3)cc2)cc1. The topological polar surface area (TPSA) is 51.6 Å². The summed E-state index contributed by atoms with van der Waals surface area (Å²) in [5.74, 6) is 1.95. The molecule has 9 rings (SSSR count). The highest BCUT2D eigenvalue weighted by molar-refractivity contribution is 7.26. The van der Waals surface area contributed by atoms with Crippen LogP contribution in [0.3, 0.4) is 0 Å². The highest BCUT2D eigenvalue weighted by atomic mass is 32.1. The number of hydrogen-bond acceptors (Lipinski definition) is 5. The summed E-state index contributed by atoms with van der Waals surface area (Å²) in [6, 6.07) is 46.6. The Morgan fingerprint density at radius 1 is 0.444 bits per heavy atom. The fraction of sp³-hybridized carbons (Fsp3) is 0. The van der Waals surface area contributed by atoms with Crippen LogP contribution in [0, 0.1) is 0 Å². The Morgan fingerprint density at radius 2 is 1.11 bits per heavy atom. The molecule has 0 saturated carbocycles. The van der Waals surface area contributed by atoms with E-state index in [4.69, 9.17) is 15.0 Å². The molecule has 9 aromatic rings. The van der Waals surface area contributed by atoms with Crippen LogP contribution < -0.4 is 0 Å². The second-order valence-electron chi connectivity index (χ2n) is 11.1. The molecule has 0 bridgehead atoms. The Kier molecular flexibility index (Phi) is 5.96. The number of rotatable bonds is 4. The van der Waals surface area contributed by atoms with Gasteiger partial charge < -0.3 is 0 Å². The van der Waals surface area contributed by atoms with E-state index in [-0.39, 0.29) is 0 Å². The predicted molar refractivity (Wildman–Crippen MR) is 187 cm³/mol. The standard InChI is InChI=1S/C40H24N4S/c1-2-7-25(8-3-1)27-13-16-29(17-14-27)38-42-39(31-18-15-26-9-4-5-10-30(26)23-31)44-40(43-38)34-12-6-11-28-19-20-33-32-21-22-41-24-35(32)45-37(33)36(28)34/h1-24H. The molecule has 5 heteroatoms. The summed E-state index contributed by atoms with van der Waals surface area (Å²) in [6.45, 7) is 0. The van der Waals surface area contributed by atoms with Gasteiger partial charge in [-0.1, -0.05) is 121 Å². The van der Waals surface area contributed by atoms with E-state index in [9.17, 15) is 0 Å². The average Bonchev–Trinajstić information content (AvgIpc) is 3.50. The first-order valence-electron chi connectivity index (χ1n) is 14.9. The van der Waals surface area contributed by atoms with E-state index < -0.39 is 0 Å². The van der Waals surface area contributed by atoms with E-state index in [2.05, 4.69) is 132 Å². The Morgan fingerprint density at radius 3 is 1.98 bits per heavy atom. The molecular formula is C40H24N4S. The highest BCUT2D eigenvalue weighted by Gasteiger charge is 2.18. The fourth-order valence-electron chi connectivity index (χ4n) is 6.17. The number of nitrogens with zero attached hydrogens (tertiary/aromatic N) is 4. The second kappa shape index (κ2) is 10.4. The molecule has 210 valence electrons. The largest absolute Gasteiger partial charge is 0.263 e. The lowest BCUT2D eigenvalue weighted by atomic mass is 10.0. The van der Waals surface area contributed by atoms with Crippen LogP contribution in [0.15, 0.2) is 146 Å². The number of fused-ring (bicyclic) bond motifs is 6. The summed E-state index contributed by atoms with van der Waals surface area (Å²) in [7, 11) is 0. The molecule has 3 heterocycles. The summed E-state index contributed by atoms with van der Waals surface area (Å²) in [5.41, 5.74) is 5.22. The maximum absolute atomic E-state index is 5.15. The van der Waals surface area contributed by atoms with E-state index in [0.29, 0.717) is 17.5 Å². The van der Waals surface area contributed by atoms with E-state index in [1.165, 1.54) is 31.1 Å². The minimum absolute atomic E-state index is 0.646. The number of benzene rings is 6. The van der Waals surface area contributed by atoms with Gasteiger partial charge >= 0.3 is 0 Å². The maximum atomic E-state index is 5.15. The lowest BCUT2D eigenvalue weighted by Crippen LogP contribution is -2.00. The number of pyridine rings is 1. The normalized spacial score (nSPS) is 11.6. The molecule has 45 heavy (non-hydrogen) atoms. The first kappa shape index (κ1) is 25.7.